The van der Waals surface area contributed by atoms with Gasteiger partial charge in [0.05, 0.1) is 0 Å². The van der Waals surface area contributed by atoms with Crippen LogP contribution in [-0.2, 0) is 6.42 Å². The van der Waals surface area contributed by atoms with Crippen LogP contribution in [-0.4, -0.2) is 6.04 Å². The van der Waals surface area contributed by atoms with Crippen LogP contribution in [0.3, 0.4) is 0 Å². The summed E-state index contributed by atoms with van der Waals surface area (Å²) >= 11 is 0. The molecule has 1 aromatic rings. The van der Waals surface area contributed by atoms with Gasteiger partial charge >= 0.3 is 0 Å². The molecule has 3 heteroatoms. The van der Waals surface area contributed by atoms with Gasteiger partial charge in [0.15, 0.2) is 0 Å². The maximum atomic E-state index is 13.5. The first-order valence-corrected chi connectivity index (χ1v) is 6.78. The summed E-state index contributed by atoms with van der Waals surface area (Å²) in [5.74, 6) is -0.618. The van der Waals surface area contributed by atoms with Gasteiger partial charge in [0.2, 0.25) is 0 Å². The summed E-state index contributed by atoms with van der Waals surface area (Å²) in [6.07, 6.45) is 4.86. The summed E-state index contributed by atoms with van der Waals surface area (Å²) in [6, 6.07) is 3.66. The lowest BCUT2D eigenvalue weighted by Gasteiger charge is -2.22. The monoisotopic (exact) mass is 255 g/mol. The summed E-state index contributed by atoms with van der Waals surface area (Å²) in [5.41, 5.74) is 6.66. The highest BCUT2D eigenvalue weighted by molar-refractivity contribution is 5.19. The number of hydrogen-bond acceptors (Lipinski definition) is 1. The molecule has 0 aliphatic heterocycles. The van der Waals surface area contributed by atoms with Crippen LogP contribution in [0.5, 0.6) is 0 Å². The van der Waals surface area contributed by atoms with Crippen LogP contribution >= 0.6 is 0 Å². The average molecular weight is 255 g/mol. The average Bonchev–Trinajstić information content (AvgIpc) is 2.34. The van der Waals surface area contributed by atoms with E-state index < -0.39 is 11.6 Å². The highest BCUT2D eigenvalue weighted by Gasteiger charge is 2.17. The lowest BCUT2D eigenvalue weighted by Crippen LogP contribution is -2.32. The van der Waals surface area contributed by atoms with E-state index in [0.29, 0.717) is 17.9 Å². The topological polar surface area (TPSA) is 26.0 Å². The second-order valence-corrected chi connectivity index (χ2v) is 4.91. The molecule has 0 aromatic heterocycles. The van der Waals surface area contributed by atoms with Crippen molar-refractivity contribution in [2.45, 2.75) is 52.0 Å². The van der Waals surface area contributed by atoms with Gasteiger partial charge in [0.25, 0.3) is 0 Å². The quantitative estimate of drug-likeness (QED) is 0.781. The molecule has 102 valence electrons. The summed E-state index contributed by atoms with van der Waals surface area (Å²) in [6.45, 7) is 4.26. The molecule has 0 aliphatic carbocycles. The van der Waals surface area contributed by atoms with Gasteiger partial charge in [0.1, 0.15) is 11.6 Å². The summed E-state index contributed by atoms with van der Waals surface area (Å²) < 4.78 is 26.3. The number of benzene rings is 1. The number of halogens is 2. The Balaban J connectivity index is 2.64. The Labute approximate surface area is 108 Å². The summed E-state index contributed by atoms with van der Waals surface area (Å²) in [7, 11) is 0. The molecule has 0 spiro atoms. The number of hydrogen-bond donors (Lipinski definition) is 1. The van der Waals surface area contributed by atoms with E-state index in [4.69, 9.17) is 5.73 Å². The van der Waals surface area contributed by atoms with Gasteiger partial charge < -0.3 is 5.73 Å². The van der Waals surface area contributed by atoms with Crippen LogP contribution in [0.4, 0.5) is 8.78 Å². The van der Waals surface area contributed by atoms with E-state index in [1.807, 2.05) is 0 Å². The van der Waals surface area contributed by atoms with E-state index in [-0.39, 0.29) is 6.04 Å². The van der Waals surface area contributed by atoms with E-state index in [9.17, 15) is 8.78 Å². The molecule has 18 heavy (non-hydrogen) atoms. The zero-order valence-electron chi connectivity index (χ0n) is 11.3. The maximum Gasteiger partial charge on any atom is 0.129 e. The zero-order chi connectivity index (χ0) is 13.5. The Kier molecular flexibility index (Phi) is 6.27. The molecule has 2 N–H and O–H groups in total. The fourth-order valence-corrected chi connectivity index (χ4v) is 2.30. The van der Waals surface area contributed by atoms with Crippen molar-refractivity contribution >= 4 is 0 Å². The molecule has 0 heterocycles. The van der Waals surface area contributed by atoms with Gasteiger partial charge in [-0.3, -0.25) is 0 Å². The molecule has 1 rings (SSSR count). The van der Waals surface area contributed by atoms with Gasteiger partial charge in [-0.25, -0.2) is 8.78 Å². The first kappa shape index (κ1) is 15.1. The molecule has 1 nitrogen and oxygen atoms in total. The van der Waals surface area contributed by atoms with Gasteiger partial charge in [-0.15, -0.1) is 0 Å². The Morgan fingerprint density at radius 2 is 1.94 bits per heavy atom. The predicted molar refractivity (Wildman–Crippen MR) is 71.3 cm³/mol. The van der Waals surface area contributed by atoms with Crippen LogP contribution in [0.25, 0.3) is 0 Å². The lowest BCUT2D eigenvalue weighted by atomic mass is 9.88. The van der Waals surface area contributed by atoms with Crippen LogP contribution in [0.15, 0.2) is 18.2 Å². The van der Waals surface area contributed by atoms with Crippen molar-refractivity contribution in [1.29, 1.82) is 0 Å². The van der Waals surface area contributed by atoms with Gasteiger partial charge in [0, 0.05) is 12.1 Å². The minimum Gasteiger partial charge on any atom is -0.327 e. The zero-order valence-corrected chi connectivity index (χ0v) is 11.3. The highest BCUT2D eigenvalue weighted by Crippen LogP contribution is 2.20. The maximum absolute atomic E-state index is 13.5. The number of rotatable bonds is 7. The van der Waals surface area contributed by atoms with Crippen LogP contribution < -0.4 is 5.73 Å². The van der Waals surface area contributed by atoms with E-state index in [1.165, 1.54) is 12.1 Å². The lowest BCUT2D eigenvalue weighted by molar-refractivity contribution is 0.365. The van der Waals surface area contributed by atoms with Crippen LogP contribution in [0, 0.1) is 17.6 Å². The minimum atomic E-state index is -0.539. The molecule has 0 amide bonds. The third kappa shape index (κ3) is 4.37. The van der Waals surface area contributed by atoms with E-state index in [2.05, 4.69) is 13.8 Å². The van der Waals surface area contributed by atoms with E-state index in [0.717, 1.165) is 31.7 Å². The van der Waals surface area contributed by atoms with Crippen LogP contribution in [0.1, 0.15) is 45.1 Å². The SMILES string of the molecule is CCCCC(CC)C(N)Cc1ccc(F)cc1F. The first-order chi connectivity index (χ1) is 8.58. The second-order valence-electron chi connectivity index (χ2n) is 4.91. The Hall–Kier alpha value is -0.960. The van der Waals surface area contributed by atoms with Gasteiger partial charge in [-0.1, -0.05) is 39.2 Å². The molecule has 1 aromatic carbocycles. The van der Waals surface area contributed by atoms with Crippen molar-refractivity contribution < 1.29 is 8.78 Å². The Morgan fingerprint density at radius 1 is 1.22 bits per heavy atom. The molecule has 2 atom stereocenters. The molecule has 0 aliphatic rings. The standard InChI is InChI=1S/C15H23F2N/c1-3-5-6-11(4-2)15(18)9-12-7-8-13(16)10-14(12)17/h7-8,10-11,15H,3-6,9,18H2,1-2H3. The summed E-state index contributed by atoms with van der Waals surface area (Å²) in [4.78, 5) is 0. The highest BCUT2D eigenvalue weighted by atomic mass is 19.1. The van der Waals surface area contributed by atoms with Crippen molar-refractivity contribution in [3.05, 3.63) is 35.4 Å². The fourth-order valence-electron chi connectivity index (χ4n) is 2.30. The van der Waals surface area contributed by atoms with Gasteiger partial charge in [-0.05, 0) is 30.4 Å². The van der Waals surface area contributed by atoms with Crippen LogP contribution in [0.2, 0.25) is 0 Å². The van der Waals surface area contributed by atoms with Gasteiger partial charge in [-0.2, -0.15) is 0 Å². The Morgan fingerprint density at radius 3 is 2.50 bits per heavy atom. The molecular weight excluding hydrogens is 232 g/mol. The third-order valence-electron chi connectivity index (χ3n) is 3.53. The molecule has 0 saturated carbocycles. The summed E-state index contributed by atoms with van der Waals surface area (Å²) in [5, 5.41) is 0. The molecule has 0 saturated heterocycles. The van der Waals surface area contributed by atoms with E-state index in [1.54, 1.807) is 0 Å². The second kappa shape index (κ2) is 7.47. The first-order valence-electron chi connectivity index (χ1n) is 6.78. The normalized spacial score (nSPS) is 14.5. The third-order valence-corrected chi connectivity index (χ3v) is 3.53. The van der Waals surface area contributed by atoms with Crippen molar-refractivity contribution in [2.75, 3.05) is 0 Å². The molecular formula is C15H23F2N. The molecule has 0 radical (unpaired) electrons. The largest absolute Gasteiger partial charge is 0.327 e. The fraction of sp³-hybridized carbons (Fsp3) is 0.600. The van der Waals surface area contributed by atoms with Crippen molar-refractivity contribution in [3.63, 3.8) is 0 Å². The Bertz CT molecular complexity index is 366. The smallest absolute Gasteiger partial charge is 0.129 e. The van der Waals surface area contributed by atoms with Crippen molar-refractivity contribution in [1.82, 2.24) is 0 Å². The molecule has 0 fully saturated rings. The number of nitrogens with two attached hydrogens (primary N) is 1. The molecule has 0 bridgehead atoms. The predicted octanol–water partition coefficient (Wildman–Crippen LogP) is 4.05. The van der Waals surface area contributed by atoms with E-state index >= 15 is 0 Å². The number of unbranched alkanes of at least 4 members (excludes halogenated alkanes) is 1. The van der Waals surface area contributed by atoms with Crippen molar-refractivity contribution in [2.24, 2.45) is 11.7 Å². The minimum absolute atomic E-state index is 0.0542. The molecule has 2 unspecified atom stereocenters. The van der Waals surface area contributed by atoms with Crippen molar-refractivity contribution in [3.8, 4) is 0 Å².